The van der Waals surface area contributed by atoms with Crippen LogP contribution in [0.5, 0.6) is 0 Å². The summed E-state index contributed by atoms with van der Waals surface area (Å²) in [4.78, 5) is 34.7. The summed E-state index contributed by atoms with van der Waals surface area (Å²) in [5.41, 5.74) is 1.95. The van der Waals surface area contributed by atoms with E-state index in [4.69, 9.17) is 19.6 Å². The van der Waals surface area contributed by atoms with E-state index in [1.54, 1.807) is 30.3 Å². The Morgan fingerprint density at radius 3 is 2.38 bits per heavy atom. The average molecular weight is 532 g/mol. The van der Waals surface area contributed by atoms with Crippen molar-refractivity contribution in [1.29, 1.82) is 0 Å². The molecule has 5 rings (SSSR count). The molecule has 2 aromatic rings. The van der Waals surface area contributed by atoms with Crippen LogP contribution in [0.25, 0.3) is 0 Å². The third-order valence-electron chi connectivity index (χ3n) is 6.60. The molecule has 2 saturated heterocycles. The molecular formula is C22H25F5N6O4. The van der Waals surface area contributed by atoms with Gasteiger partial charge in [-0.3, -0.25) is 9.48 Å². The third kappa shape index (κ3) is 5.81. The van der Waals surface area contributed by atoms with E-state index in [1.165, 1.54) is 0 Å². The van der Waals surface area contributed by atoms with Crippen LogP contribution in [-0.4, -0.2) is 86.5 Å². The van der Waals surface area contributed by atoms with E-state index >= 15 is 0 Å². The van der Waals surface area contributed by atoms with Crippen LogP contribution in [0, 0.1) is 0 Å². The number of amides is 1. The van der Waals surface area contributed by atoms with E-state index in [-0.39, 0.29) is 31.8 Å². The standard InChI is InChI=1S/C20H24F2N6O2.C2HF3O2/c1-26-10-14(9-24-26)17(29)28-5-2-19(12-28)13-30-11-15-8-23-18(25-16(15)19)27-6-3-20(21,22)4-7-27;3-2(4,5)1(6)7/h8-10H,2-7,11-13H2,1H3;(H,6,7). The molecule has 10 nitrogen and oxygen atoms in total. The highest BCUT2D eigenvalue weighted by atomic mass is 19.4. The maximum Gasteiger partial charge on any atom is 0.490 e. The summed E-state index contributed by atoms with van der Waals surface area (Å²) in [6.07, 6.45) is 0.317. The van der Waals surface area contributed by atoms with E-state index in [0.717, 1.165) is 17.7 Å². The Labute approximate surface area is 208 Å². The van der Waals surface area contributed by atoms with Gasteiger partial charge < -0.3 is 19.6 Å². The maximum absolute atomic E-state index is 13.5. The van der Waals surface area contributed by atoms with Gasteiger partial charge in [-0.1, -0.05) is 0 Å². The molecular weight excluding hydrogens is 507 g/mol. The van der Waals surface area contributed by atoms with E-state index in [0.29, 0.717) is 37.8 Å². The number of carbonyl (C=O) groups excluding carboxylic acids is 1. The number of carbonyl (C=O) groups is 2. The Hall–Kier alpha value is -3.36. The smallest absolute Gasteiger partial charge is 0.475 e. The first kappa shape index (κ1) is 26.7. The molecule has 0 aliphatic carbocycles. The van der Waals surface area contributed by atoms with Gasteiger partial charge in [0.15, 0.2) is 0 Å². The highest BCUT2D eigenvalue weighted by Crippen LogP contribution is 2.40. The Morgan fingerprint density at radius 2 is 1.78 bits per heavy atom. The number of piperidine rings is 1. The number of rotatable bonds is 2. The van der Waals surface area contributed by atoms with Crippen molar-refractivity contribution in [3.05, 3.63) is 35.4 Å². The fraction of sp³-hybridized carbons (Fsp3) is 0.591. The molecule has 3 aliphatic heterocycles. The van der Waals surface area contributed by atoms with Gasteiger partial charge in [0.25, 0.3) is 11.8 Å². The molecule has 202 valence electrons. The first-order valence-electron chi connectivity index (χ1n) is 11.4. The van der Waals surface area contributed by atoms with Crippen molar-refractivity contribution in [2.24, 2.45) is 7.05 Å². The summed E-state index contributed by atoms with van der Waals surface area (Å²) in [6, 6.07) is 0. The summed E-state index contributed by atoms with van der Waals surface area (Å²) >= 11 is 0. The number of halogens is 5. The number of aryl methyl sites for hydroxylation is 1. The first-order chi connectivity index (χ1) is 17.3. The minimum Gasteiger partial charge on any atom is -0.475 e. The van der Waals surface area contributed by atoms with Crippen molar-refractivity contribution >= 4 is 17.8 Å². The fourth-order valence-electron chi connectivity index (χ4n) is 4.64. The molecule has 2 aromatic heterocycles. The quantitative estimate of drug-likeness (QED) is 0.587. The molecule has 3 aliphatic rings. The lowest BCUT2D eigenvalue weighted by molar-refractivity contribution is -0.192. The van der Waals surface area contributed by atoms with Gasteiger partial charge in [-0.05, 0) is 6.42 Å². The number of nitrogens with zero attached hydrogens (tertiary/aromatic N) is 6. The number of alkyl halides is 5. The van der Waals surface area contributed by atoms with Crippen LogP contribution in [0.2, 0.25) is 0 Å². The van der Waals surface area contributed by atoms with Crippen molar-refractivity contribution in [1.82, 2.24) is 24.6 Å². The summed E-state index contributed by atoms with van der Waals surface area (Å²) in [6.45, 7) is 2.48. The summed E-state index contributed by atoms with van der Waals surface area (Å²) in [5, 5.41) is 11.2. The largest absolute Gasteiger partial charge is 0.490 e. The second-order valence-electron chi connectivity index (χ2n) is 9.34. The average Bonchev–Trinajstić information content (AvgIpc) is 3.46. The Balaban J connectivity index is 0.000000405. The normalized spacial score (nSPS) is 22.9. The molecule has 1 unspecified atom stereocenters. The molecule has 37 heavy (non-hydrogen) atoms. The highest BCUT2D eigenvalue weighted by molar-refractivity contribution is 5.94. The SMILES string of the molecule is Cn1cc(C(=O)N2CCC3(COCc4cnc(N5CCC(F)(F)CC5)nc43)C2)cn1.O=C(O)C(F)(F)F. The van der Waals surface area contributed by atoms with Crippen LogP contribution >= 0.6 is 0 Å². The highest BCUT2D eigenvalue weighted by Gasteiger charge is 2.47. The Bertz CT molecular complexity index is 1160. The molecule has 0 saturated carbocycles. The van der Waals surface area contributed by atoms with E-state index in [9.17, 15) is 26.7 Å². The van der Waals surface area contributed by atoms with Crippen LogP contribution in [0.3, 0.4) is 0 Å². The molecule has 1 N–H and O–H groups in total. The minimum absolute atomic E-state index is 0.0559. The molecule has 0 bridgehead atoms. The Kier molecular flexibility index (Phi) is 7.10. The number of carboxylic acids is 1. The number of ether oxygens (including phenoxy) is 1. The predicted molar refractivity (Wildman–Crippen MR) is 117 cm³/mol. The lowest BCUT2D eigenvalue weighted by Crippen LogP contribution is -2.43. The van der Waals surface area contributed by atoms with Gasteiger partial charge in [-0.15, -0.1) is 0 Å². The molecule has 2 fully saturated rings. The summed E-state index contributed by atoms with van der Waals surface area (Å²) in [7, 11) is 1.78. The van der Waals surface area contributed by atoms with Gasteiger partial charge in [-0.25, -0.2) is 23.5 Å². The molecule has 15 heteroatoms. The van der Waals surface area contributed by atoms with Crippen molar-refractivity contribution in [3.63, 3.8) is 0 Å². The minimum atomic E-state index is -5.08. The van der Waals surface area contributed by atoms with Gasteiger partial charge in [0.2, 0.25) is 5.95 Å². The second-order valence-corrected chi connectivity index (χ2v) is 9.34. The summed E-state index contributed by atoms with van der Waals surface area (Å²) < 4.78 is 66.3. The number of hydrogen-bond acceptors (Lipinski definition) is 7. The molecule has 1 spiro atoms. The maximum atomic E-state index is 13.5. The van der Waals surface area contributed by atoms with Gasteiger partial charge in [0.1, 0.15) is 0 Å². The van der Waals surface area contributed by atoms with E-state index in [1.807, 2.05) is 9.80 Å². The van der Waals surface area contributed by atoms with Gasteiger partial charge in [-0.2, -0.15) is 18.3 Å². The number of carboxylic acid groups (broad SMARTS) is 1. The van der Waals surface area contributed by atoms with Crippen LogP contribution < -0.4 is 4.90 Å². The number of hydrogen-bond donors (Lipinski definition) is 1. The van der Waals surface area contributed by atoms with E-state index < -0.39 is 23.5 Å². The topological polar surface area (TPSA) is 114 Å². The Morgan fingerprint density at radius 1 is 1.11 bits per heavy atom. The van der Waals surface area contributed by atoms with Crippen molar-refractivity contribution in [2.75, 3.05) is 37.7 Å². The van der Waals surface area contributed by atoms with E-state index in [2.05, 4.69) is 10.1 Å². The van der Waals surface area contributed by atoms with Crippen LogP contribution in [-0.2, 0) is 28.6 Å². The molecule has 1 atom stereocenters. The fourth-order valence-corrected chi connectivity index (χ4v) is 4.64. The number of fused-ring (bicyclic) bond motifs is 2. The number of anilines is 1. The molecule has 0 aromatic carbocycles. The van der Waals surface area contributed by atoms with Crippen LogP contribution in [0.15, 0.2) is 18.6 Å². The van der Waals surface area contributed by atoms with Crippen molar-refractivity contribution in [3.8, 4) is 0 Å². The van der Waals surface area contributed by atoms with Crippen LogP contribution in [0.4, 0.5) is 27.9 Å². The summed E-state index contributed by atoms with van der Waals surface area (Å²) in [5.74, 6) is -4.94. The zero-order chi connectivity index (χ0) is 27.0. The molecule has 5 heterocycles. The van der Waals surface area contributed by atoms with Crippen molar-refractivity contribution in [2.45, 2.75) is 43.4 Å². The lowest BCUT2D eigenvalue weighted by Gasteiger charge is -2.36. The second kappa shape index (κ2) is 9.84. The zero-order valence-corrected chi connectivity index (χ0v) is 19.8. The monoisotopic (exact) mass is 532 g/mol. The lowest BCUT2D eigenvalue weighted by atomic mass is 9.80. The zero-order valence-electron chi connectivity index (χ0n) is 19.8. The first-order valence-corrected chi connectivity index (χ1v) is 11.4. The predicted octanol–water partition coefficient (Wildman–Crippen LogP) is 2.39. The van der Waals surface area contributed by atoms with Gasteiger partial charge in [0.05, 0.1) is 36.1 Å². The van der Waals surface area contributed by atoms with Gasteiger partial charge >= 0.3 is 12.1 Å². The number of aromatic nitrogens is 4. The molecule has 1 amide bonds. The third-order valence-corrected chi connectivity index (χ3v) is 6.60. The van der Waals surface area contributed by atoms with Gasteiger partial charge in [0, 0.05) is 64.0 Å². The van der Waals surface area contributed by atoms with Crippen molar-refractivity contribution < 1.29 is 41.4 Å². The number of likely N-dealkylation sites (tertiary alicyclic amines) is 1. The van der Waals surface area contributed by atoms with Crippen LogP contribution in [0.1, 0.15) is 40.9 Å². The molecule has 0 radical (unpaired) electrons. The number of aliphatic carboxylic acids is 1.